The summed E-state index contributed by atoms with van der Waals surface area (Å²) in [7, 11) is 6.87. The summed E-state index contributed by atoms with van der Waals surface area (Å²) in [4.78, 5) is 56.6. The Morgan fingerprint density at radius 3 is 2.25 bits per heavy atom. The van der Waals surface area contributed by atoms with Crippen molar-refractivity contribution in [1.29, 1.82) is 0 Å². The van der Waals surface area contributed by atoms with Crippen LogP contribution in [-0.2, 0) is 54.0 Å². The molecule has 18 nitrogen and oxygen atoms in total. The summed E-state index contributed by atoms with van der Waals surface area (Å²) in [6.07, 6.45) is 1.02. The van der Waals surface area contributed by atoms with Crippen LogP contribution in [0.15, 0.2) is 37.1 Å². The second-order valence-corrected chi connectivity index (χ2v) is 21.1. The second kappa shape index (κ2) is 22.4. The molecule has 6 heterocycles. The monoisotopic (exact) mass is 972 g/mol. The highest BCUT2D eigenvalue weighted by atomic mass is 16.7. The number of cyclic esters (lactones) is 1. The molecular formula is C51H81N5O13. The number of methoxy groups -OCH3 is 2. The summed E-state index contributed by atoms with van der Waals surface area (Å²) in [5.74, 6) is -3.91. The normalized spacial score (nSPS) is 40.6. The number of hydrogen-bond donors (Lipinski definition) is 2. The summed E-state index contributed by atoms with van der Waals surface area (Å²) in [5.41, 5.74) is -2.01. The van der Waals surface area contributed by atoms with Crippen LogP contribution in [0.25, 0.3) is 11.3 Å². The molecule has 0 spiro atoms. The molecule has 18 heteroatoms. The van der Waals surface area contributed by atoms with E-state index in [9.17, 15) is 19.8 Å². The van der Waals surface area contributed by atoms with Gasteiger partial charge in [0.2, 0.25) is 0 Å². The van der Waals surface area contributed by atoms with Gasteiger partial charge in [-0.3, -0.25) is 14.6 Å². The van der Waals surface area contributed by atoms with Gasteiger partial charge in [-0.05, 0) is 99.9 Å². The standard InChI is InChI=1S/C51H81N5O13/c1-15-38-51(10)43(56(48(61)69-51)22-17-16-21-55-27-36(53-28-55)35-19-18-20-52-26-35)31(4)40(57)29(2)24-50(9,63-14)45(68-47-41(58)37(54(11)12)23-30(3)64-47)32(5)42(33(6)46(60)66-38)67-39-25-49(8,62-13)44(59)34(7)65-39/h18-20,26-34,37-39,41-45,47,58-59H,15-17,21-25H2,1-14H3/t29-,30-,31+,32+,33-,34+,37+,38?,39+,41-,42?,43-,44+,45-,47+,49-,50-,51-/m1/s1. The van der Waals surface area contributed by atoms with Crippen LogP contribution in [0, 0.1) is 23.7 Å². The number of imidazole rings is 1. The Morgan fingerprint density at radius 2 is 1.61 bits per heavy atom. The number of amides is 1. The zero-order valence-corrected chi connectivity index (χ0v) is 43.4. The summed E-state index contributed by atoms with van der Waals surface area (Å²) >= 11 is 0. The molecule has 0 aliphatic carbocycles. The van der Waals surface area contributed by atoms with Gasteiger partial charge in [0.15, 0.2) is 18.2 Å². The van der Waals surface area contributed by atoms with Crippen molar-refractivity contribution in [2.75, 3.05) is 34.9 Å². The third-order valence-electron chi connectivity index (χ3n) is 15.8. The number of esters is 1. The predicted octanol–water partition coefficient (Wildman–Crippen LogP) is 5.65. The first-order valence-electron chi connectivity index (χ1n) is 24.9. The number of Topliss-reactive ketones (excluding diaryl/α,β-unsaturated/α-hetero) is 1. The van der Waals surface area contributed by atoms with Crippen LogP contribution in [0.2, 0.25) is 0 Å². The van der Waals surface area contributed by atoms with Crippen LogP contribution in [0.5, 0.6) is 0 Å². The molecule has 4 aliphatic rings. The molecule has 0 bridgehead atoms. The molecule has 4 aliphatic heterocycles. The number of carbonyl (C=O) groups excluding carboxylic acids is 3. The summed E-state index contributed by atoms with van der Waals surface area (Å²) in [6, 6.07) is 2.72. The number of ether oxygens (including phenoxy) is 8. The number of likely N-dealkylation sites (N-methyl/N-ethyl adjacent to an activating group) is 1. The molecule has 2 unspecified atom stereocenters. The van der Waals surface area contributed by atoms with Crippen LogP contribution in [-0.4, -0.2) is 171 Å². The zero-order chi connectivity index (χ0) is 50.7. The largest absolute Gasteiger partial charge is 0.458 e. The number of fused-ring (bicyclic) bond motifs is 1. The minimum atomic E-state index is -1.42. The lowest BCUT2D eigenvalue weighted by molar-refractivity contribution is -0.319. The second-order valence-electron chi connectivity index (χ2n) is 21.1. The van der Waals surface area contributed by atoms with Crippen LogP contribution < -0.4 is 0 Å². The average Bonchev–Trinajstić information content (AvgIpc) is 3.90. The van der Waals surface area contributed by atoms with Crippen molar-refractivity contribution in [3.8, 4) is 11.3 Å². The minimum Gasteiger partial charge on any atom is -0.458 e. The van der Waals surface area contributed by atoms with Crippen LogP contribution in [0.1, 0.15) is 108 Å². The highest BCUT2D eigenvalue weighted by Gasteiger charge is 2.61. The Morgan fingerprint density at radius 1 is 0.913 bits per heavy atom. The number of aromatic nitrogens is 3. The minimum absolute atomic E-state index is 0.126. The molecule has 388 valence electrons. The molecule has 18 atom stereocenters. The van der Waals surface area contributed by atoms with Gasteiger partial charge in [0.05, 0.1) is 59.6 Å². The SMILES string of the molecule is CCC1OC(=O)[C@H](C)C(O[C@H]2C[C@@](C)(OC)[C@@H](O)[C@H](C)O2)[C@H](C)[C@@H](O[C@@H]2O[C@H](C)C[C@H](N(C)C)[C@H]2O)[C@](C)(OC)C[C@@H](C)C(=O)[C@H](C)[C@H]2N(CCCCn3cnc(-c4cccnc4)c3)C(=O)O[C@]12C. The fourth-order valence-corrected chi connectivity index (χ4v) is 11.6. The van der Waals surface area contributed by atoms with E-state index < -0.39 is 108 Å². The van der Waals surface area contributed by atoms with E-state index in [0.29, 0.717) is 32.4 Å². The molecule has 2 aromatic rings. The summed E-state index contributed by atoms with van der Waals surface area (Å²) < 4.78 is 53.7. The van der Waals surface area contributed by atoms with Crippen molar-refractivity contribution in [3.63, 3.8) is 0 Å². The van der Waals surface area contributed by atoms with Gasteiger partial charge in [-0.15, -0.1) is 0 Å². The van der Waals surface area contributed by atoms with Crippen molar-refractivity contribution in [1.82, 2.24) is 24.3 Å². The number of rotatable bonds is 14. The zero-order valence-electron chi connectivity index (χ0n) is 43.4. The number of ketones is 1. The summed E-state index contributed by atoms with van der Waals surface area (Å²) in [6.45, 7) is 19.1. The maximum absolute atomic E-state index is 15.1. The van der Waals surface area contributed by atoms with Gasteiger partial charge in [-0.25, -0.2) is 9.78 Å². The molecule has 6 rings (SSSR count). The number of aryl methyl sites for hydroxylation is 1. The maximum Gasteiger partial charge on any atom is 0.410 e. The van der Waals surface area contributed by atoms with Crippen molar-refractivity contribution >= 4 is 17.8 Å². The van der Waals surface area contributed by atoms with Gasteiger partial charge >= 0.3 is 12.1 Å². The Bertz CT molecular complexity index is 2030. The van der Waals surface area contributed by atoms with E-state index in [0.717, 1.165) is 11.3 Å². The fourth-order valence-electron chi connectivity index (χ4n) is 11.6. The highest BCUT2D eigenvalue weighted by molar-refractivity contribution is 5.85. The Balaban J connectivity index is 1.36. The van der Waals surface area contributed by atoms with Crippen molar-refractivity contribution in [2.45, 2.75) is 199 Å². The molecule has 2 N–H and O–H groups in total. The first kappa shape index (κ1) is 54.7. The number of aliphatic hydroxyl groups is 2. The van der Waals surface area contributed by atoms with Crippen molar-refractivity contribution in [3.05, 3.63) is 37.1 Å². The Kier molecular flexibility index (Phi) is 17.8. The molecule has 2 aromatic heterocycles. The number of carbonyl (C=O) groups is 3. The van der Waals surface area contributed by atoms with Crippen molar-refractivity contribution < 1.29 is 62.5 Å². The van der Waals surface area contributed by atoms with Gasteiger partial charge in [-0.2, -0.15) is 0 Å². The number of aliphatic hydroxyl groups excluding tert-OH is 2. The van der Waals surface area contributed by atoms with Gasteiger partial charge in [0, 0.05) is 81.7 Å². The first-order chi connectivity index (χ1) is 32.5. The molecule has 4 fully saturated rings. The van der Waals surface area contributed by atoms with Gasteiger partial charge < -0.3 is 62.5 Å². The van der Waals surface area contributed by atoms with E-state index in [1.54, 1.807) is 58.4 Å². The van der Waals surface area contributed by atoms with Gasteiger partial charge in [0.25, 0.3) is 0 Å². The molecular weight excluding hydrogens is 891 g/mol. The fraction of sp³-hybridized carbons (Fsp3) is 0.784. The van der Waals surface area contributed by atoms with E-state index in [1.165, 1.54) is 7.11 Å². The Labute approximate surface area is 409 Å². The van der Waals surface area contributed by atoms with E-state index >= 15 is 4.79 Å². The van der Waals surface area contributed by atoms with Crippen LogP contribution in [0.3, 0.4) is 0 Å². The third-order valence-corrected chi connectivity index (χ3v) is 15.8. The molecule has 0 saturated carbocycles. The molecule has 69 heavy (non-hydrogen) atoms. The number of unbranched alkanes of at least 4 members (excludes halogenated alkanes) is 1. The lowest BCUT2D eigenvalue weighted by atomic mass is 9.73. The topological polar surface area (TPSA) is 203 Å². The molecule has 0 radical (unpaired) electrons. The lowest BCUT2D eigenvalue weighted by Crippen LogP contribution is -2.61. The number of nitrogens with zero attached hydrogens (tertiary/aromatic N) is 5. The number of pyridine rings is 1. The highest BCUT2D eigenvalue weighted by Crippen LogP contribution is 2.45. The molecule has 4 saturated heterocycles. The first-order valence-corrected chi connectivity index (χ1v) is 24.9. The Hall–Kier alpha value is -3.59. The third kappa shape index (κ3) is 11.5. The van der Waals surface area contributed by atoms with Crippen LogP contribution >= 0.6 is 0 Å². The van der Waals surface area contributed by atoms with Gasteiger partial charge in [0.1, 0.15) is 24.1 Å². The molecule has 1 amide bonds. The van der Waals surface area contributed by atoms with Gasteiger partial charge in [-0.1, -0.05) is 27.7 Å². The van der Waals surface area contributed by atoms with Crippen LogP contribution in [0.4, 0.5) is 4.79 Å². The molecule has 0 aromatic carbocycles. The van der Waals surface area contributed by atoms with E-state index in [1.807, 2.05) is 83.4 Å². The van der Waals surface area contributed by atoms with E-state index in [2.05, 4.69) is 9.97 Å². The maximum atomic E-state index is 15.1. The summed E-state index contributed by atoms with van der Waals surface area (Å²) in [5, 5.41) is 23.0. The lowest BCUT2D eigenvalue weighted by Gasteiger charge is -2.50. The predicted molar refractivity (Wildman–Crippen MR) is 254 cm³/mol. The smallest absolute Gasteiger partial charge is 0.410 e. The quantitative estimate of drug-likeness (QED) is 0.174. The number of hydrogen-bond acceptors (Lipinski definition) is 16. The average molecular weight is 972 g/mol. The van der Waals surface area contributed by atoms with E-state index in [-0.39, 0.29) is 37.2 Å². The van der Waals surface area contributed by atoms with Crippen molar-refractivity contribution in [2.24, 2.45) is 23.7 Å². The van der Waals surface area contributed by atoms with E-state index in [4.69, 9.17) is 37.9 Å².